The number of benzene rings is 4. The van der Waals surface area contributed by atoms with Crippen molar-refractivity contribution in [2.24, 2.45) is 41.4 Å². The molecule has 1 aliphatic rings. The van der Waals surface area contributed by atoms with E-state index < -0.39 is 0 Å². The standard InChI is InChI=1S/C22H30N4O.2C19H26N4O.C16H20N4O/c1-15(2)12-19-22(26-21(27)13-16-6-4-3-5-7-16)24-14-20(25-19)17-8-10-18(23)11-9-17;1-12(2)9-16-19(23-18(24)10-13(3)4)21-11-17(22-16)14-5-7-15(20)8-6-14;1-5-13(4)19(24)23-18-16(10-12(2)3)22-17(11-21-18)14-6-8-15(20)9-7-14;1-10(2)8-14-16(19-11(3)21)18-9-15(20-14)12-4-6-13(17)7-5-12/h8-11,14-16H,3-7,12-13,23H2,1-2H3,(H,24,26,27);5-8,11-13H,9-10,20H2,1-4H3,(H,21,23,24);6-9,11-13H,5,10,20H2,1-4H3,(H,21,23,24);4-7,9-10H,8,17H2,1-3H3,(H,18,19,21). The Kier molecular flexibility index (Phi) is 29.3. The summed E-state index contributed by atoms with van der Waals surface area (Å²) in [7, 11) is 0. The number of nitrogens with one attached hydrogen (secondary N) is 4. The highest BCUT2D eigenvalue weighted by Gasteiger charge is 2.22. The average Bonchev–Trinajstić information content (AvgIpc) is 0.931. The molecule has 4 aromatic carbocycles. The molecule has 4 heterocycles. The van der Waals surface area contributed by atoms with Crippen LogP contribution >= 0.6 is 0 Å². The van der Waals surface area contributed by atoms with Crippen LogP contribution in [0.5, 0.6) is 0 Å². The third kappa shape index (κ3) is 25.2. The van der Waals surface area contributed by atoms with Crippen molar-refractivity contribution in [2.75, 3.05) is 44.2 Å². The Hall–Kier alpha value is -9.72. The molecule has 4 aromatic heterocycles. The molecule has 12 N–H and O–H groups in total. The zero-order valence-electron chi connectivity index (χ0n) is 58.6. The number of hydrogen-bond acceptors (Lipinski definition) is 16. The normalized spacial score (nSPS) is 12.4. The number of anilines is 8. The van der Waals surface area contributed by atoms with Crippen LogP contribution < -0.4 is 44.2 Å². The van der Waals surface area contributed by atoms with E-state index in [1.165, 1.54) is 26.2 Å². The van der Waals surface area contributed by atoms with Crippen molar-refractivity contribution < 1.29 is 19.2 Å². The van der Waals surface area contributed by atoms with Crippen molar-refractivity contribution in [3.63, 3.8) is 0 Å². The molecule has 8 aromatic rings. The molecule has 0 aliphatic heterocycles. The fourth-order valence-corrected chi connectivity index (χ4v) is 10.4. The zero-order valence-corrected chi connectivity index (χ0v) is 58.6. The van der Waals surface area contributed by atoms with Crippen LogP contribution in [0.1, 0.15) is 164 Å². The number of rotatable bonds is 22. The molecule has 1 saturated carbocycles. The van der Waals surface area contributed by atoms with E-state index >= 15 is 0 Å². The predicted molar refractivity (Wildman–Crippen MR) is 392 cm³/mol. The van der Waals surface area contributed by atoms with E-state index in [0.717, 1.165) is 118 Å². The number of nitrogens with zero attached hydrogens (tertiary/aromatic N) is 8. The summed E-state index contributed by atoms with van der Waals surface area (Å²) in [6.07, 6.45) is 17.8. The molecular formula is C76H102N16O4. The number of aromatic nitrogens is 8. The van der Waals surface area contributed by atoms with Crippen molar-refractivity contribution in [1.82, 2.24) is 39.9 Å². The van der Waals surface area contributed by atoms with Gasteiger partial charge in [-0.3, -0.25) is 19.2 Å². The maximum Gasteiger partial charge on any atom is 0.228 e. The topological polar surface area (TPSA) is 324 Å². The summed E-state index contributed by atoms with van der Waals surface area (Å²) in [6.45, 7) is 26.4. The van der Waals surface area contributed by atoms with E-state index in [9.17, 15) is 19.2 Å². The van der Waals surface area contributed by atoms with Crippen LogP contribution in [0.15, 0.2) is 122 Å². The van der Waals surface area contributed by atoms with Crippen LogP contribution in [-0.4, -0.2) is 63.5 Å². The average molecular weight is 1300 g/mol. The van der Waals surface area contributed by atoms with Crippen LogP contribution in [0, 0.1) is 41.4 Å². The lowest BCUT2D eigenvalue weighted by Gasteiger charge is -2.21. The fourth-order valence-electron chi connectivity index (χ4n) is 10.4. The lowest BCUT2D eigenvalue weighted by molar-refractivity contribution is -0.119. The highest BCUT2D eigenvalue weighted by atomic mass is 16.2. The Morgan fingerprint density at radius 3 is 0.979 bits per heavy atom. The molecule has 4 amide bonds. The van der Waals surface area contributed by atoms with E-state index in [-0.39, 0.29) is 29.5 Å². The first kappa shape index (κ1) is 75.3. The minimum absolute atomic E-state index is 0.0166. The number of hydrogen-bond donors (Lipinski definition) is 8. The van der Waals surface area contributed by atoms with Gasteiger partial charge in [-0.05, 0) is 129 Å². The Morgan fingerprint density at radius 1 is 0.406 bits per heavy atom. The Balaban J connectivity index is 0.000000203. The number of nitrogen functional groups attached to an aromatic ring is 4. The minimum Gasteiger partial charge on any atom is -0.399 e. The summed E-state index contributed by atoms with van der Waals surface area (Å²) in [5, 5.41) is 11.6. The zero-order chi connectivity index (χ0) is 70.0. The van der Waals surface area contributed by atoms with Gasteiger partial charge in [-0.15, -0.1) is 0 Å². The van der Waals surface area contributed by atoms with Crippen LogP contribution in [0.25, 0.3) is 45.0 Å². The monoisotopic (exact) mass is 1300 g/mol. The van der Waals surface area contributed by atoms with Crippen molar-refractivity contribution in [2.45, 2.75) is 167 Å². The molecule has 0 bridgehead atoms. The molecule has 510 valence electrons. The van der Waals surface area contributed by atoms with Gasteiger partial charge in [0, 0.05) is 70.7 Å². The van der Waals surface area contributed by atoms with Gasteiger partial charge in [0.1, 0.15) is 0 Å². The van der Waals surface area contributed by atoms with E-state index in [1.54, 1.807) is 24.8 Å². The van der Waals surface area contributed by atoms with Gasteiger partial charge in [0.25, 0.3) is 0 Å². The molecule has 1 aliphatic carbocycles. The summed E-state index contributed by atoms with van der Waals surface area (Å²) in [5.74, 6) is 4.59. The molecule has 20 heteroatoms. The van der Waals surface area contributed by atoms with Gasteiger partial charge in [0.05, 0.1) is 70.3 Å². The Labute approximate surface area is 568 Å². The first-order chi connectivity index (χ1) is 45.7. The Bertz CT molecular complexity index is 3770. The number of nitrogens with two attached hydrogens (primary N) is 4. The maximum atomic E-state index is 12.5. The molecule has 20 nitrogen and oxygen atoms in total. The highest BCUT2D eigenvalue weighted by Crippen LogP contribution is 2.30. The molecule has 1 fully saturated rings. The van der Waals surface area contributed by atoms with Crippen LogP contribution in [0.4, 0.5) is 46.0 Å². The van der Waals surface area contributed by atoms with Gasteiger partial charge >= 0.3 is 0 Å². The molecule has 0 saturated heterocycles. The van der Waals surface area contributed by atoms with Crippen molar-refractivity contribution >= 4 is 69.6 Å². The number of amides is 4. The highest BCUT2D eigenvalue weighted by molar-refractivity contribution is 5.93. The van der Waals surface area contributed by atoms with E-state index in [2.05, 4.69) is 102 Å². The van der Waals surface area contributed by atoms with Gasteiger partial charge < -0.3 is 44.2 Å². The van der Waals surface area contributed by atoms with Crippen LogP contribution in [-0.2, 0) is 44.9 Å². The molecule has 0 spiro atoms. The summed E-state index contributed by atoms with van der Waals surface area (Å²) in [5.41, 5.74) is 36.1. The molecule has 96 heavy (non-hydrogen) atoms. The second kappa shape index (κ2) is 37.4. The summed E-state index contributed by atoms with van der Waals surface area (Å²) in [6, 6.07) is 30.2. The molecular weight excluding hydrogens is 1200 g/mol. The third-order valence-electron chi connectivity index (χ3n) is 15.5. The number of carbonyl (C=O) groups excluding carboxylic acids is 4. The van der Waals surface area contributed by atoms with E-state index in [1.807, 2.05) is 125 Å². The van der Waals surface area contributed by atoms with Gasteiger partial charge in [-0.25, -0.2) is 39.9 Å². The summed E-state index contributed by atoms with van der Waals surface area (Å²) < 4.78 is 0. The van der Waals surface area contributed by atoms with Gasteiger partial charge in [0.2, 0.25) is 23.6 Å². The molecule has 0 radical (unpaired) electrons. The quantitative estimate of drug-likeness (QED) is 0.0292. The van der Waals surface area contributed by atoms with Crippen molar-refractivity contribution in [3.05, 3.63) is 145 Å². The van der Waals surface area contributed by atoms with Gasteiger partial charge in [-0.2, -0.15) is 0 Å². The fraction of sp³-hybridized carbons (Fsp3) is 0.421. The third-order valence-corrected chi connectivity index (χ3v) is 15.5. The van der Waals surface area contributed by atoms with Crippen LogP contribution in [0.2, 0.25) is 0 Å². The number of carbonyl (C=O) groups is 4. The Morgan fingerprint density at radius 2 is 0.698 bits per heavy atom. The molecule has 1 atom stereocenters. The maximum absolute atomic E-state index is 12.5. The van der Waals surface area contributed by atoms with Crippen molar-refractivity contribution in [1.29, 1.82) is 0 Å². The van der Waals surface area contributed by atoms with Crippen molar-refractivity contribution in [3.8, 4) is 45.0 Å². The van der Waals surface area contributed by atoms with Gasteiger partial charge in [0.15, 0.2) is 23.3 Å². The first-order valence-electron chi connectivity index (χ1n) is 33.8. The smallest absolute Gasteiger partial charge is 0.228 e. The second-order valence-corrected chi connectivity index (χ2v) is 27.0. The first-order valence-corrected chi connectivity index (χ1v) is 33.8. The SMILES string of the molecule is CC(=O)Nc1ncc(-c2ccc(N)cc2)nc1CC(C)C.CC(C)CC(=O)Nc1ncc(-c2ccc(N)cc2)nc1CC(C)C.CC(C)Cc1nc(-c2ccc(N)cc2)cnc1NC(=O)CC1CCCCC1.CCC(C)C(=O)Nc1ncc(-c2ccc(N)cc2)nc1CC(C)C. The van der Waals surface area contributed by atoms with Gasteiger partial charge in [-0.1, -0.05) is 151 Å². The lowest BCUT2D eigenvalue weighted by Crippen LogP contribution is -2.22. The molecule has 1 unspecified atom stereocenters. The lowest BCUT2D eigenvalue weighted by atomic mass is 9.87. The van der Waals surface area contributed by atoms with Crippen LogP contribution in [0.3, 0.4) is 0 Å². The van der Waals surface area contributed by atoms with E-state index in [4.69, 9.17) is 37.9 Å². The summed E-state index contributed by atoms with van der Waals surface area (Å²) in [4.78, 5) is 84.7. The summed E-state index contributed by atoms with van der Waals surface area (Å²) >= 11 is 0. The second-order valence-electron chi connectivity index (χ2n) is 27.0. The predicted octanol–water partition coefficient (Wildman–Crippen LogP) is 15.5. The van der Waals surface area contributed by atoms with E-state index in [0.29, 0.717) is 88.7 Å². The molecule has 9 rings (SSSR count). The minimum atomic E-state index is -0.144. The largest absolute Gasteiger partial charge is 0.399 e.